The first-order chi connectivity index (χ1) is 10.5. The molecule has 0 aliphatic heterocycles. The summed E-state index contributed by atoms with van der Waals surface area (Å²) in [5, 5.41) is 8.82. The van der Waals surface area contributed by atoms with Gasteiger partial charge in [0.2, 0.25) is 0 Å². The molecule has 6 heteroatoms. The van der Waals surface area contributed by atoms with E-state index in [4.69, 9.17) is 19.3 Å². The standard InChI is InChI=1S/C16H14O6/c1-20-12-7-8-13(14(9-12)21-2)16(19)22-11-5-3-10(4-6-11)15(17)18/h3-9H,1-2H3,(H,17,18). The van der Waals surface area contributed by atoms with Crippen LogP contribution in [-0.2, 0) is 0 Å². The second-order valence-corrected chi connectivity index (χ2v) is 4.29. The lowest BCUT2D eigenvalue weighted by Crippen LogP contribution is -2.10. The highest BCUT2D eigenvalue weighted by molar-refractivity contribution is 5.94. The van der Waals surface area contributed by atoms with E-state index in [2.05, 4.69) is 0 Å². The van der Waals surface area contributed by atoms with Crippen LogP contribution in [0, 0.1) is 0 Å². The zero-order chi connectivity index (χ0) is 16.1. The maximum absolute atomic E-state index is 12.2. The molecule has 0 heterocycles. The number of hydrogen-bond donors (Lipinski definition) is 1. The minimum Gasteiger partial charge on any atom is -0.497 e. The maximum Gasteiger partial charge on any atom is 0.347 e. The molecule has 0 amide bonds. The van der Waals surface area contributed by atoms with Crippen molar-refractivity contribution in [1.82, 2.24) is 0 Å². The van der Waals surface area contributed by atoms with Crippen LogP contribution in [0.2, 0.25) is 0 Å². The third-order valence-electron chi connectivity index (χ3n) is 2.94. The van der Waals surface area contributed by atoms with Gasteiger partial charge in [-0.3, -0.25) is 0 Å². The Morgan fingerprint density at radius 3 is 2.09 bits per heavy atom. The number of esters is 1. The van der Waals surface area contributed by atoms with E-state index in [1.54, 1.807) is 12.1 Å². The van der Waals surface area contributed by atoms with Gasteiger partial charge in [0.25, 0.3) is 0 Å². The Bertz CT molecular complexity index is 690. The first-order valence-electron chi connectivity index (χ1n) is 6.32. The van der Waals surface area contributed by atoms with Crippen molar-refractivity contribution in [1.29, 1.82) is 0 Å². The normalized spacial score (nSPS) is 9.91. The summed E-state index contributed by atoms with van der Waals surface area (Å²) in [6.45, 7) is 0. The fourth-order valence-corrected chi connectivity index (χ4v) is 1.79. The number of carbonyl (C=O) groups excluding carboxylic acids is 1. The first-order valence-corrected chi connectivity index (χ1v) is 6.32. The van der Waals surface area contributed by atoms with Crippen molar-refractivity contribution in [3.05, 3.63) is 53.6 Å². The summed E-state index contributed by atoms with van der Waals surface area (Å²) >= 11 is 0. The topological polar surface area (TPSA) is 82.1 Å². The molecule has 6 nitrogen and oxygen atoms in total. The number of aromatic carboxylic acids is 1. The third-order valence-corrected chi connectivity index (χ3v) is 2.94. The van der Waals surface area contributed by atoms with Gasteiger partial charge in [-0.05, 0) is 36.4 Å². The minimum atomic E-state index is -1.05. The van der Waals surface area contributed by atoms with Gasteiger partial charge in [0.05, 0.1) is 19.8 Å². The van der Waals surface area contributed by atoms with Crippen molar-refractivity contribution in [3.63, 3.8) is 0 Å². The number of rotatable bonds is 5. The molecule has 22 heavy (non-hydrogen) atoms. The predicted molar refractivity (Wildman–Crippen MR) is 77.9 cm³/mol. The molecule has 0 fully saturated rings. The molecule has 1 N–H and O–H groups in total. The van der Waals surface area contributed by atoms with Gasteiger partial charge in [-0.2, -0.15) is 0 Å². The Labute approximate surface area is 126 Å². The smallest absolute Gasteiger partial charge is 0.347 e. The molecule has 0 aliphatic carbocycles. The molecule has 0 aromatic heterocycles. The van der Waals surface area contributed by atoms with E-state index in [0.29, 0.717) is 11.5 Å². The van der Waals surface area contributed by atoms with Gasteiger partial charge in [0, 0.05) is 6.07 Å². The van der Waals surface area contributed by atoms with Crippen molar-refractivity contribution in [3.8, 4) is 17.2 Å². The minimum absolute atomic E-state index is 0.113. The first kappa shape index (κ1) is 15.4. The molecular formula is C16H14O6. The molecule has 0 radical (unpaired) electrons. The lowest BCUT2D eigenvalue weighted by Gasteiger charge is -2.10. The monoisotopic (exact) mass is 302 g/mol. The highest BCUT2D eigenvalue weighted by Gasteiger charge is 2.16. The van der Waals surface area contributed by atoms with Crippen LogP contribution in [0.5, 0.6) is 17.2 Å². The number of carboxylic acids is 1. The molecule has 2 aromatic rings. The molecule has 0 spiro atoms. The molecule has 0 bridgehead atoms. The molecule has 0 saturated heterocycles. The van der Waals surface area contributed by atoms with Crippen LogP contribution in [0.1, 0.15) is 20.7 Å². The van der Waals surface area contributed by atoms with Crippen molar-refractivity contribution in [2.24, 2.45) is 0 Å². The Morgan fingerprint density at radius 1 is 0.909 bits per heavy atom. The largest absolute Gasteiger partial charge is 0.497 e. The number of carboxylic acid groups (broad SMARTS) is 1. The molecular weight excluding hydrogens is 288 g/mol. The SMILES string of the molecule is COc1ccc(C(=O)Oc2ccc(C(=O)O)cc2)c(OC)c1. The second kappa shape index (κ2) is 6.62. The van der Waals surface area contributed by atoms with Gasteiger partial charge in [0.1, 0.15) is 22.8 Å². The molecule has 2 rings (SSSR count). The average molecular weight is 302 g/mol. The highest BCUT2D eigenvalue weighted by atomic mass is 16.5. The number of methoxy groups -OCH3 is 2. The van der Waals surface area contributed by atoms with Crippen LogP contribution >= 0.6 is 0 Å². The Hall–Kier alpha value is -3.02. The van der Waals surface area contributed by atoms with Crippen LogP contribution in [0.4, 0.5) is 0 Å². The van der Waals surface area contributed by atoms with Gasteiger partial charge in [-0.1, -0.05) is 0 Å². The molecule has 0 aliphatic rings. The number of ether oxygens (including phenoxy) is 3. The maximum atomic E-state index is 12.2. The lowest BCUT2D eigenvalue weighted by molar-refractivity contribution is 0.0696. The van der Waals surface area contributed by atoms with Gasteiger partial charge < -0.3 is 19.3 Å². The van der Waals surface area contributed by atoms with Crippen LogP contribution in [-0.4, -0.2) is 31.3 Å². The fourth-order valence-electron chi connectivity index (χ4n) is 1.79. The summed E-state index contributed by atoms with van der Waals surface area (Å²) in [5.41, 5.74) is 0.354. The van der Waals surface area contributed by atoms with Crippen LogP contribution < -0.4 is 14.2 Å². The molecule has 0 unspecified atom stereocenters. The van der Waals surface area contributed by atoms with Gasteiger partial charge >= 0.3 is 11.9 Å². The van der Waals surface area contributed by atoms with Gasteiger partial charge in [-0.25, -0.2) is 9.59 Å². The summed E-state index contributed by atoms with van der Waals surface area (Å²) in [4.78, 5) is 22.9. The number of benzene rings is 2. The second-order valence-electron chi connectivity index (χ2n) is 4.29. The average Bonchev–Trinajstić information content (AvgIpc) is 2.54. The Kier molecular flexibility index (Phi) is 4.63. The van der Waals surface area contributed by atoms with Crippen molar-refractivity contribution in [2.75, 3.05) is 14.2 Å². The summed E-state index contributed by atoms with van der Waals surface area (Å²) in [6.07, 6.45) is 0. The zero-order valence-corrected chi connectivity index (χ0v) is 12.0. The Morgan fingerprint density at radius 2 is 1.55 bits per heavy atom. The van der Waals surface area contributed by atoms with Crippen LogP contribution in [0.15, 0.2) is 42.5 Å². The molecule has 114 valence electrons. The van der Waals surface area contributed by atoms with E-state index in [0.717, 1.165) is 0 Å². The van der Waals surface area contributed by atoms with Crippen molar-refractivity contribution in [2.45, 2.75) is 0 Å². The predicted octanol–water partition coefficient (Wildman–Crippen LogP) is 2.62. The quantitative estimate of drug-likeness (QED) is 0.675. The summed E-state index contributed by atoms with van der Waals surface area (Å²) in [7, 11) is 2.95. The molecule has 2 aromatic carbocycles. The van der Waals surface area contributed by atoms with Crippen LogP contribution in [0.25, 0.3) is 0 Å². The van der Waals surface area contributed by atoms with Crippen molar-refractivity contribution < 1.29 is 28.9 Å². The van der Waals surface area contributed by atoms with Crippen molar-refractivity contribution >= 4 is 11.9 Å². The molecule has 0 atom stereocenters. The number of hydrogen-bond acceptors (Lipinski definition) is 5. The fraction of sp³-hybridized carbons (Fsp3) is 0.125. The number of carbonyl (C=O) groups is 2. The summed E-state index contributed by atoms with van der Waals surface area (Å²) in [6, 6.07) is 10.3. The van der Waals surface area contributed by atoms with Crippen LogP contribution in [0.3, 0.4) is 0 Å². The zero-order valence-electron chi connectivity index (χ0n) is 12.0. The van der Waals surface area contributed by atoms with E-state index in [9.17, 15) is 9.59 Å². The highest BCUT2D eigenvalue weighted by Crippen LogP contribution is 2.26. The lowest BCUT2D eigenvalue weighted by atomic mass is 10.2. The summed E-state index contributed by atoms with van der Waals surface area (Å²) in [5.74, 6) is -0.532. The molecule has 0 saturated carbocycles. The van der Waals surface area contributed by atoms with E-state index >= 15 is 0 Å². The van der Waals surface area contributed by atoms with Gasteiger partial charge in [0.15, 0.2) is 0 Å². The van der Waals surface area contributed by atoms with Gasteiger partial charge in [-0.15, -0.1) is 0 Å². The van der Waals surface area contributed by atoms with E-state index in [1.165, 1.54) is 44.6 Å². The third kappa shape index (κ3) is 3.35. The summed E-state index contributed by atoms with van der Waals surface area (Å²) < 4.78 is 15.4. The van der Waals surface area contributed by atoms with E-state index in [-0.39, 0.29) is 16.9 Å². The van der Waals surface area contributed by atoms with E-state index < -0.39 is 11.9 Å². The Balaban J connectivity index is 2.20. The van der Waals surface area contributed by atoms with E-state index in [1.807, 2.05) is 0 Å².